The number of hydrogen-bond donors (Lipinski definition) is 2. The van der Waals surface area contributed by atoms with Gasteiger partial charge in [0.2, 0.25) is 11.0 Å². The van der Waals surface area contributed by atoms with Gasteiger partial charge in [-0.2, -0.15) is 0 Å². The standard InChI is InChI=1S/C15H17N3O3.C7H7ClN2O2/c1-10-9-14(18(20)21)15(16-11(10)2)17-13-5-3-12(4-6-13)7-8-19;1-4-3-6(10(11)12)7(8)9-5(4)2/h3-6,9,19H,7-8H2,1-2H3,(H,16,17);3H,1-2H3. The van der Waals surface area contributed by atoms with Gasteiger partial charge in [0.15, 0.2) is 0 Å². The monoisotopic (exact) mass is 473 g/mol. The summed E-state index contributed by atoms with van der Waals surface area (Å²) in [4.78, 5) is 28.6. The molecule has 0 unspecified atom stereocenters. The molecule has 0 saturated carbocycles. The lowest BCUT2D eigenvalue weighted by molar-refractivity contribution is -0.385. The number of aliphatic hydroxyl groups excluding tert-OH is 1. The molecule has 0 fully saturated rings. The lowest BCUT2D eigenvalue weighted by atomic mass is 10.1. The summed E-state index contributed by atoms with van der Waals surface area (Å²) in [6, 6.07) is 10.3. The molecule has 33 heavy (non-hydrogen) atoms. The van der Waals surface area contributed by atoms with Gasteiger partial charge < -0.3 is 10.4 Å². The fourth-order valence-electron chi connectivity index (χ4n) is 2.73. The smallest absolute Gasteiger partial charge is 0.312 e. The van der Waals surface area contributed by atoms with E-state index in [1.165, 1.54) is 12.1 Å². The molecule has 0 aliphatic rings. The van der Waals surface area contributed by atoms with Crippen LogP contribution in [0.2, 0.25) is 5.15 Å². The van der Waals surface area contributed by atoms with Crippen molar-refractivity contribution in [2.45, 2.75) is 34.1 Å². The maximum absolute atomic E-state index is 11.1. The second-order valence-corrected chi connectivity index (χ2v) is 7.63. The van der Waals surface area contributed by atoms with E-state index in [0.29, 0.717) is 12.1 Å². The Labute approximate surface area is 195 Å². The van der Waals surface area contributed by atoms with Crippen LogP contribution in [0.5, 0.6) is 0 Å². The van der Waals surface area contributed by atoms with Crippen molar-refractivity contribution in [2.24, 2.45) is 0 Å². The van der Waals surface area contributed by atoms with Gasteiger partial charge in [-0.3, -0.25) is 20.2 Å². The summed E-state index contributed by atoms with van der Waals surface area (Å²) in [6.07, 6.45) is 0.586. The molecule has 0 spiro atoms. The molecule has 0 bridgehead atoms. The Balaban J connectivity index is 0.000000273. The Bertz CT molecular complexity index is 1170. The van der Waals surface area contributed by atoms with Crippen molar-refractivity contribution in [1.29, 1.82) is 0 Å². The van der Waals surface area contributed by atoms with Crippen molar-refractivity contribution in [2.75, 3.05) is 11.9 Å². The van der Waals surface area contributed by atoms with E-state index in [2.05, 4.69) is 15.3 Å². The van der Waals surface area contributed by atoms with Crippen molar-refractivity contribution >= 4 is 34.5 Å². The summed E-state index contributed by atoms with van der Waals surface area (Å²) in [5.74, 6) is 0.234. The van der Waals surface area contributed by atoms with Gasteiger partial charge in [0, 0.05) is 35.8 Å². The molecule has 0 atom stereocenters. The second kappa shape index (κ2) is 11.3. The van der Waals surface area contributed by atoms with Crippen molar-refractivity contribution in [3.05, 3.63) is 89.9 Å². The molecule has 0 aliphatic carbocycles. The fraction of sp³-hybridized carbons (Fsp3) is 0.273. The van der Waals surface area contributed by atoms with Crippen molar-refractivity contribution in [3.63, 3.8) is 0 Å². The third kappa shape index (κ3) is 6.93. The molecule has 0 aliphatic heterocycles. The first kappa shape index (κ1) is 25.6. The minimum absolute atomic E-state index is 0.0439. The van der Waals surface area contributed by atoms with Gasteiger partial charge in [-0.15, -0.1) is 0 Å². The average molecular weight is 474 g/mol. The van der Waals surface area contributed by atoms with Crippen molar-refractivity contribution in [3.8, 4) is 0 Å². The van der Waals surface area contributed by atoms with E-state index < -0.39 is 9.85 Å². The van der Waals surface area contributed by atoms with Crippen LogP contribution in [0.1, 0.15) is 28.1 Å². The van der Waals surface area contributed by atoms with E-state index in [-0.39, 0.29) is 29.0 Å². The number of halogens is 1. The van der Waals surface area contributed by atoms with Crippen LogP contribution in [0.25, 0.3) is 0 Å². The predicted molar refractivity (Wildman–Crippen MR) is 126 cm³/mol. The summed E-state index contributed by atoms with van der Waals surface area (Å²) in [5.41, 5.74) is 4.56. The molecule has 1 aromatic carbocycles. The lowest BCUT2D eigenvalue weighted by Crippen LogP contribution is -2.02. The summed E-state index contributed by atoms with van der Waals surface area (Å²) in [7, 11) is 0. The summed E-state index contributed by atoms with van der Waals surface area (Å²) in [6.45, 7) is 7.21. The van der Waals surface area contributed by atoms with Gasteiger partial charge in [-0.25, -0.2) is 9.97 Å². The highest BCUT2D eigenvalue weighted by Gasteiger charge is 2.17. The van der Waals surface area contributed by atoms with E-state index in [1.54, 1.807) is 20.8 Å². The van der Waals surface area contributed by atoms with Crippen LogP contribution in [0.15, 0.2) is 36.4 Å². The molecule has 3 aromatic rings. The van der Waals surface area contributed by atoms with Crippen molar-refractivity contribution in [1.82, 2.24) is 9.97 Å². The summed E-state index contributed by atoms with van der Waals surface area (Å²) >= 11 is 5.54. The zero-order valence-corrected chi connectivity index (χ0v) is 19.4. The number of nitro groups is 2. The van der Waals surface area contributed by atoms with E-state index in [0.717, 1.165) is 28.1 Å². The highest BCUT2D eigenvalue weighted by Crippen LogP contribution is 2.28. The van der Waals surface area contributed by atoms with E-state index >= 15 is 0 Å². The molecule has 2 heterocycles. The molecule has 2 aromatic heterocycles. The Hall–Kier alpha value is -3.63. The molecule has 0 radical (unpaired) electrons. The minimum atomic E-state index is -0.540. The predicted octanol–water partition coefficient (Wildman–Crippen LogP) is 5.15. The number of hydrogen-bond acceptors (Lipinski definition) is 8. The Morgan fingerprint density at radius 2 is 1.42 bits per heavy atom. The molecular weight excluding hydrogens is 450 g/mol. The number of pyridine rings is 2. The molecule has 11 heteroatoms. The molecular formula is C22H24ClN5O5. The molecule has 0 amide bonds. The van der Waals surface area contributed by atoms with Crippen molar-refractivity contribution < 1.29 is 15.0 Å². The van der Waals surface area contributed by atoms with Crippen LogP contribution in [0.3, 0.4) is 0 Å². The van der Waals surface area contributed by atoms with Gasteiger partial charge in [-0.05, 0) is 62.9 Å². The first-order chi connectivity index (χ1) is 15.5. The molecule has 10 nitrogen and oxygen atoms in total. The number of aromatic nitrogens is 2. The zero-order chi connectivity index (χ0) is 24.7. The first-order valence-electron chi connectivity index (χ1n) is 9.91. The van der Waals surface area contributed by atoms with E-state index in [1.807, 2.05) is 31.2 Å². The fourth-order valence-corrected chi connectivity index (χ4v) is 2.98. The van der Waals surface area contributed by atoms with Crippen LogP contribution < -0.4 is 5.32 Å². The van der Waals surface area contributed by atoms with Crippen LogP contribution in [-0.4, -0.2) is 31.5 Å². The SMILES string of the molecule is Cc1cc([N+](=O)[O-])c(Cl)nc1C.Cc1cc([N+](=O)[O-])c(Nc2ccc(CCO)cc2)nc1C. The quantitative estimate of drug-likeness (QED) is 0.284. The Morgan fingerprint density at radius 1 is 0.909 bits per heavy atom. The largest absolute Gasteiger partial charge is 0.396 e. The van der Waals surface area contributed by atoms with Gasteiger partial charge in [0.25, 0.3) is 0 Å². The van der Waals surface area contributed by atoms with Crippen LogP contribution >= 0.6 is 11.6 Å². The van der Waals surface area contributed by atoms with Crippen LogP contribution in [-0.2, 0) is 6.42 Å². The topological polar surface area (TPSA) is 144 Å². The molecule has 174 valence electrons. The van der Waals surface area contributed by atoms with Gasteiger partial charge >= 0.3 is 11.4 Å². The second-order valence-electron chi connectivity index (χ2n) is 7.27. The molecule has 2 N–H and O–H groups in total. The summed E-state index contributed by atoms with van der Waals surface area (Å²) in [5, 5.41) is 33.3. The average Bonchev–Trinajstić information content (AvgIpc) is 2.75. The first-order valence-corrected chi connectivity index (χ1v) is 10.3. The third-order valence-electron chi connectivity index (χ3n) is 4.86. The number of anilines is 2. The number of aliphatic hydroxyl groups is 1. The highest BCUT2D eigenvalue weighted by atomic mass is 35.5. The lowest BCUT2D eigenvalue weighted by Gasteiger charge is -2.09. The zero-order valence-electron chi connectivity index (χ0n) is 18.6. The number of rotatable bonds is 6. The highest BCUT2D eigenvalue weighted by molar-refractivity contribution is 6.31. The Kier molecular flexibility index (Phi) is 8.78. The van der Waals surface area contributed by atoms with E-state index in [4.69, 9.17) is 16.7 Å². The minimum Gasteiger partial charge on any atom is -0.396 e. The van der Waals surface area contributed by atoms with Gasteiger partial charge in [-0.1, -0.05) is 23.7 Å². The Morgan fingerprint density at radius 3 is 1.94 bits per heavy atom. The molecule has 3 rings (SSSR count). The van der Waals surface area contributed by atoms with Crippen LogP contribution in [0, 0.1) is 47.9 Å². The van der Waals surface area contributed by atoms with Gasteiger partial charge in [0.05, 0.1) is 9.85 Å². The normalized spacial score (nSPS) is 10.2. The molecule has 0 saturated heterocycles. The van der Waals surface area contributed by atoms with Crippen LogP contribution in [0.4, 0.5) is 22.9 Å². The number of nitrogens with zero attached hydrogens (tertiary/aromatic N) is 4. The number of nitrogens with one attached hydrogen (secondary N) is 1. The third-order valence-corrected chi connectivity index (χ3v) is 5.14. The van der Waals surface area contributed by atoms with E-state index in [9.17, 15) is 20.2 Å². The maximum atomic E-state index is 11.1. The maximum Gasteiger partial charge on any atom is 0.312 e. The number of benzene rings is 1. The summed E-state index contributed by atoms with van der Waals surface area (Å²) < 4.78 is 0. The number of aryl methyl sites for hydroxylation is 4. The van der Waals surface area contributed by atoms with Gasteiger partial charge in [0.1, 0.15) is 0 Å².